The van der Waals surface area contributed by atoms with Crippen LogP contribution in [0.1, 0.15) is 36.6 Å². The van der Waals surface area contributed by atoms with Crippen molar-refractivity contribution < 1.29 is 29.5 Å². The lowest BCUT2D eigenvalue weighted by molar-refractivity contribution is -0.0885. The van der Waals surface area contributed by atoms with Gasteiger partial charge in [0, 0.05) is 18.7 Å². The van der Waals surface area contributed by atoms with Crippen LogP contribution < -0.4 is 9.47 Å². The average Bonchev–Trinajstić information content (AvgIpc) is 3.04. The standard InChI is InChI=1S/C22H26O6/c1-22(2,25)21-20(27-4)18-17(28-21)12-16(26-3)15(19(18)24)7-5-6-13-8-10-14(23)11-9-13/h5-6,8-12,20-21,23-25H,7H2,1-4H3/b6-5+/t20-,21+/m1/s1. The molecule has 6 nitrogen and oxygen atoms in total. The second-order valence-corrected chi connectivity index (χ2v) is 7.36. The number of hydrogen-bond acceptors (Lipinski definition) is 6. The number of aliphatic hydroxyl groups is 1. The minimum atomic E-state index is -1.15. The summed E-state index contributed by atoms with van der Waals surface area (Å²) in [7, 11) is 3.06. The van der Waals surface area contributed by atoms with Gasteiger partial charge in [-0.1, -0.05) is 24.3 Å². The van der Waals surface area contributed by atoms with Gasteiger partial charge in [0.15, 0.2) is 6.10 Å². The van der Waals surface area contributed by atoms with E-state index in [-0.39, 0.29) is 11.5 Å². The third-order valence-corrected chi connectivity index (χ3v) is 4.87. The maximum absolute atomic E-state index is 11.0. The number of hydrogen-bond donors (Lipinski definition) is 3. The number of allylic oxidation sites excluding steroid dienone is 1. The number of benzene rings is 2. The maximum atomic E-state index is 11.0. The summed E-state index contributed by atoms with van der Waals surface area (Å²) in [4.78, 5) is 0. The molecule has 0 saturated carbocycles. The van der Waals surface area contributed by atoms with Crippen LogP contribution in [0.2, 0.25) is 0 Å². The number of aromatic hydroxyl groups is 2. The van der Waals surface area contributed by atoms with Gasteiger partial charge in [0.05, 0.1) is 18.3 Å². The molecule has 2 aromatic carbocycles. The van der Waals surface area contributed by atoms with Crippen molar-refractivity contribution in [3.05, 3.63) is 53.1 Å². The molecule has 2 aromatic rings. The Labute approximate surface area is 164 Å². The minimum absolute atomic E-state index is 0.0447. The van der Waals surface area contributed by atoms with Gasteiger partial charge in [0.2, 0.25) is 0 Å². The molecule has 28 heavy (non-hydrogen) atoms. The summed E-state index contributed by atoms with van der Waals surface area (Å²) in [6, 6.07) is 8.55. The minimum Gasteiger partial charge on any atom is -0.508 e. The predicted octanol–water partition coefficient (Wildman–Crippen LogP) is 3.58. The number of ether oxygens (including phenoxy) is 3. The van der Waals surface area contributed by atoms with Crippen LogP contribution in [-0.4, -0.2) is 41.2 Å². The Morgan fingerprint density at radius 3 is 2.39 bits per heavy atom. The first kappa shape index (κ1) is 20.0. The second-order valence-electron chi connectivity index (χ2n) is 7.36. The Hall–Kier alpha value is -2.70. The van der Waals surface area contributed by atoms with E-state index in [9.17, 15) is 15.3 Å². The van der Waals surface area contributed by atoms with Gasteiger partial charge in [-0.25, -0.2) is 0 Å². The first-order chi connectivity index (χ1) is 13.3. The van der Waals surface area contributed by atoms with Crippen molar-refractivity contribution in [2.24, 2.45) is 0 Å². The topological polar surface area (TPSA) is 88.4 Å². The lowest BCUT2D eigenvalue weighted by atomic mass is 9.92. The van der Waals surface area contributed by atoms with Crippen molar-refractivity contribution in [3.63, 3.8) is 0 Å². The summed E-state index contributed by atoms with van der Waals surface area (Å²) in [5.41, 5.74) is 0.901. The van der Waals surface area contributed by atoms with Crippen LogP contribution in [0, 0.1) is 0 Å². The van der Waals surface area contributed by atoms with Crippen molar-refractivity contribution >= 4 is 6.08 Å². The first-order valence-corrected chi connectivity index (χ1v) is 9.06. The van der Waals surface area contributed by atoms with E-state index in [4.69, 9.17) is 14.2 Å². The normalized spacial score (nSPS) is 18.9. The van der Waals surface area contributed by atoms with Crippen molar-refractivity contribution in [3.8, 4) is 23.0 Å². The molecule has 0 aromatic heterocycles. The summed E-state index contributed by atoms with van der Waals surface area (Å²) >= 11 is 0. The van der Waals surface area contributed by atoms with Crippen LogP contribution in [0.3, 0.4) is 0 Å². The fourth-order valence-electron chi connectivity index (χ4n) is 3.44. The lowest BCUT2D eigenvalue weighted by Gasteiger charge is -2.29. The molecule has 0 amide bonds. The zero-order chi connectivity index (χ0) is 20.5. The molecule has 6 heteroatoms. The highest BCUT2D eigenvalue weighted by atomic mass is 16.6. The fourth-order valence-corrected chi connectivity index (χ4v) is 3.44. The van der Waals surface area contributed by atoms with Gasteiger partial charge in [-0.3, -0.25) is 0 Å². The molecule has 3 N–H and O–H groups in total. The Kier molecular flexibility index (Phi) is 5.54. The number of fused-ring (bicyclic) bond motifs is 1. The van der Waals surface area contributed by atoms with Gasteiger partial charge in [-0.15, -0.1) is 0 Å². The van der Waals surface area contributed by atoms with E-state index >= 15 is 0 Å². The van der Waals surface area contributed by atoms with Crippen LogP contribution in [0.15, 0.2) is 36.4 Å². The van der Waals surface area contributed by atoms with E-state index in [1.54, 1.807) is 44.2 Å². The molecule has 3 rings (SSSR count). The predicted molar refractivity (Wildman–Crippen MR) is 106 cm³/mol. The first-order valence-electron chi connectivity index (χ1n) is 9.06. The van der Waals surface area contributed by atoms with E-state index in [2.05, 4.69) is 0 Å². The van der Waals surface area contributed by atoms with Crippen molar-refractivity contribution in [1.29, 1.82) is 0 Å². The van der Waals surface area contributed by atoms with E-state index in [0.717, 1.165) is 5.56 Å². The van der Waals surface area contributed by atoms with Gasteiger partial charge in [-0.05, 0) is 38.0 Å². The number of phenols is 2. The molecule has 0 bridgehead atoms. The number of phenolic OH excluding ortho intramolecular Hbond substituents is 2. The van der Waals surface area contributed by atoms with Crippen LogP contribution in [0.4, 0.5) is 0 Å². The van der Waals surface area contributed by atoms with E-state index < -0.39 is 17.8 Å². The highest BCUT2D eigenvalue weighted by molar-refractivity contribution is 5.61. The molecule has 1 aliphatic heterocycles. The Balaban J connectivity index is 1.94. The maximum Gasteiger partial charge on any atom is 0.157 e. The van der Waals surface area contributed by atoms with Crippen molar-refractivity contribution in [2.45, 2.75) is 38.1 Å². The molecule has 2 atom stereocenters. The summed E-state index contributed by atoms with van der Waals surface area (Å²) < 4.78 is 16.9. The van der Waals surface area contributed by atoms with Crippen molar-refractivity contribution in [2.75, 3.05) is 14.2 Å². The van der Waals surface area contributed by atoms with E-state index in [1.807, 2.05) is 12.2 Å². The molecule has 1 aliphatic rings. The molecule has 0 saturated heterocycles. The van der Waals surface area contributed by atoms with Crippen LogP contribution >= 0.6 is 0 Å². The summed E-state index contributed by atoms with van der Waals surface area (Å²) in [6.45, 7) is 3.29. The Bertz CT molecular complexity index is 864. The van der Waals surface area contributed by atoms with Crippen LogP contribution in [-0.2, 0) is 11.2 Å². The zero-order valence-corrected chi connectivity index (χ0v) is 16.5. The molecule has 0 aliphatic carbocycles. The van der Waals surface area contributed by atoms with Gasteiger partial charge in [-0.2, -0.15) is 0 Å². The molecular formula is C22H26O6. The van der Waals surface area contributed by atoms with Gasteiger partial charge < -0.3 is 29.5 Å². The van der Waals surface area contributed by atoms with E-state index in [1.165, 1.54) is 14.2 Å². The lowest BCUT2D eigenvalue weighted by Crippen LogP contribution is -2.42. The molecular weight excluding hydrogens is 360 g/mol. The molecule has 0 spiro atoms. The smallest absolute Gasteiger partial charge is 0.157 e. The van der Waals surface area contributed by atoms with Crippen LogP contribution in [0.5, 0.6) is 23.0 Å². The van der Waals surface area contributed by atoms with Crippen LogP contribution in [0.25, 0.3) is 6.08 Å². The number of methoxy groups -OCH3 is 2. The van der Waals surface area contributed by atoms with Gasteiger partial charge >= 0.3 is 0 Å². The molecule has 0 unspecified atom stereocenters. The third kappa shape index (κ3) is 3.79. The monoisotopic (exact) mass is 386 g/mol. The SMILES string of the molecule is COc1cc2c(c(O)c1C/C=C/c1ccc(O)cc1)[C@@H](OC)[C@@H](C(C)(C)O)O2. The quantitative estimate of drug-likeness (QED) is 0.703. The third-order valence-electron chi connectivity index (χ3n) is 4.87. The molecule has 0 fully saturated rings. The summed E-state index contributed by atoms with van der Waals surface area (Å²) in [5, 5.41) is 30.7. The molecule has 1 heterocycles. The van der Waals surface area contributed by atoms with Crippen molar-refractivity contribution in [1.82, 2.24) is 0 Å². The summed E-state index contributed by atoms with van der Waals surface area (Å²) in [6.07, 6.45) is 2.98. The summed E-state index contributed by atoms with van der Waals surface area (Å²) in [5.74, 6) is 1.20. The number of rotatable bonds is 6. The Morgan fingerprint density at radius 1 is 1.14 bits per heavy atom. The molecule has 150 valence electrons. The fraction of sp³-hybridized carbons (Fsp3) is 0.364. The highest BCUT2D eigenvalue weighted by Crippen LogP contribution is 2.51. The average molecular weight is 386 g/mol. The second kappa shape index (κ2) is 7.73. The Morgan fingerprint density at radius 2 is 1.82 bits per heavy atom. The largest absolute Gasteiger partial charge is 0.508 e. The highest BCUT2D eigenvalue weighted by Gasteiger charge is 2.46. The molecule has 0 radical (unpaired) electrons. The van der Waals surface area contributed by atoms with Gasteiger partial charge in [0.1, 0.15) is 29.1 Å². The zero-order valence-electron chi connectivity index (χ0n) is 16.5. The van der Waals surface area contributed by atoms with E-state index in [0.29, 0.717) is 29.0 Å². The van der Waals surface area contributed by atoms with Gasteiger partial charge in [0.25, 0.3) is 0 Å².